The van der Waals surface area contributed by atoms with Crippen LogP contribution in [0.25, 0.3) is 10.2 Å². The quantitative estimate of drug-likeness (QED) is 0.232. The fraction of sp³-hybridized carbons (Fsp3) is 0.240. The number of hydrogen-bond donors (Lipinski definition) is 5. The van der Waals surface area contributed by atoms with Crippen molar-refractivity contribution >= 4 is 56.5 Å². The number of fused-ring (bicyclic) bond motifs is 1. The number of rotatable bonds is 9. The molecule has 5 N–H and O–H groups in total. The number of carboxylic acids is 4. The molecule has 1 fully saturated rings. The first-order valence-electron chi connectivity index (χ1n) is 11.8. The average Bonchev–Trinajstić information content (AvgIpc) is 3.35. The Morgan fingerprint density at radius 3 is 1.82 bits per heavy atom. The molecule has 0 spiro atoms. The number of thiazole rings is 1. The molecule has 1 aliphatic rings. The highest BCUT2D eigenvalue weighted by atomic mass is 32.1. The van der Waals surface area contributed by atoms with Crippen LogP contribution in [0.3, 0.4) is 0 Å². The summed E-state index contributed by atoms with van der Waals surface area (Å²) in [7, 11) is 0. The van der Waals surface area contributed by atoms with E-state index in [1.165, 1.54) is 4.70 Å². The molecule has 0 unspecified atom stereocenters. The number of carboxylic acid groups (broad SMARTS) is 4. The maximum Gasteiger partial charge on any atom is 0.328 e. The minimum atomic E-state index is -1.26. The van der Waals surface area contributed by atoms with E-state index >= 15 is 0 Å². The van der Waals surface area contributed by atoms with Crippen molar-refractivity contribution < 1.29 is 39.6 Å². The summed E-state index contributed by atoms with van der Waals surface area (Å²) in [4.78, 5) is 56.2. The summed E-state index contributed by atoms with van der Waals surface area (Å²) >= 11 is 1.72. The molecule has 0 saturated carbocycles. The number of aliphatic carboxylic acids is 4. The molecule has 1 saturated heterocycles. The Morgan fingerprint density at radius 1 is 0.800 bits per heavy atom. The van der Waals surface area contributed by atoms with E-state index in [2.05, 4.69) is 48.3 Å². The third-order valence-electron chi connectivity index (χ3n) is 4.94. The standard InChI is InChI=1S/C17H20N6S.2C4H4O4/c1-2-5-15-14(4-1)21-17(24-15)20-8-9-22-10-12-23(13-11-22)16-18-6-3-7-19-16;2*5-3(6)1-2-4(7)8/h1-7H,8-13H2,(H,20,21);2*1-2H,(H,5,6)(H,7,8)/b;2*2-1+. The molecule has 15 heteroatoms. The van der Waals surface area contributed by atoms with E-state index in [-0.39, 0.29) is 0 Å². The van der Waals surface area contributed by atoms with Gasteiger partial charge in [-0.05, 0) is 18.2 Å². The van der Waals surface area contributed by atoms with Crippen LogP contribution in [-0.4, -0.2) is 103 Å². The average molecular weight is 573 g/mol. The Balaban J connectivity index is 0.000000290. The summed E-state index contributed by atoms with van der Waals surface area (Å²) in [6.45, 7) is 5.98. The summed E-state index contributed by atoms with van der Waals surface area (Å²) in [5, 5.41) is 35.7. The monoisotopic (exact) mass is 572 g/mol. The molecule has 14 nitrogen and oxygen atoms in total. The summed E-state index contributed by atoms with van der Waals surface area (Å²) in [6.07, 6.45) is 5.84. The molecule has 0 atom stereocenters. The van der Waals surface area contributed by atoms with Crippen LogP contribution in [-0.2, 0) is 19.2 Å². The van der Waals surface area contributed by atoms with E-state index in [9.17, 15) is 19.2 Å². The molecule has 0 amide bonds. The molecule has 0 bridgehead atoms. The number of benzene rings is 1. The SMILES string of the molecule is O=C(O)/C=C/C(=O)O.O=C(O)/C=C/C(=O)O.c1cnc(N2CCN(CCNc3nc4ccccc4s3)CC2)nc1. The lowest BCUT2D eigenvalue weighted by Gasteiger charge is -2.34. The van der Waals surface area contributed by atoms with Crippen molar-refractivity contribution in [1.29, 1.82) is 0 Å². The van der Waals surface area contributed by atoms with Gasteiger partial charge in [0.15, 0.2) is 5.13 Å². The van der Waals surface area contributed by atoms with Gasteiger partial charge in [0, 0.05) is 76.0 Å². The predicted octanol–water partition coefficient (Wildman–Crippen LogP) is 1.74. The van der Waals surface area contributed by atoms with Gasteiger partial charge in [-0.1, -0.05) is 23.5 Å². The second kappa shape index (κ2) is 16.8. The molecule has 0 radical (unpaired) electrons. The van der Waals surface area contributed by atoms with Crippen LogP contribution < -0.4 is 10.2 Å². The third kappa shape index (κ3) is 12.6. The van der Waals surface area contributed by atoms with Crippen LogP contribution in [0.2, 0.25) is 0 Å². The highest BCUT2D eigenvalue weighted by molar-refractivity contribution is 7.22. The third-order valence-corrected chi connectivity index (χ3v) is 5.94. The fourth-order valence-electron chi connectivity index (χ4n) is 3.18. The van der Waals surface area contributed by atoms with Crippen molar-refractivity contribution in [3.05, 3.63) is 67.0 Å². The van der Waals surface area contributed by atoms with Crippen LogP contribution in [0.5, 0.6) is 0 Å². The zero-order chi connectivity index (χ0) is 29.3. The molecule has 0 aliphatic carbocycles. The topological polar surface area (TPSA) is 206 Å². The van der Waals surface area contributed by atoms with Gasteiger partial charge in [0.25, 0.3) is 0 Å². The molecule has 1 aliphatic heterocycles. The number of anilines is 2. The van der Waals surface area contributed by atoms with E-state index in [0.29, 0.717) is 24.3 Å². The molecule has 4 rings (SSSR count). The summed E-state index contributed by atoms with van der Waals surface area (Å²) < 4.78 is 1.23. The minimum absolute atomic E-state index is 0.558. The number of para-hydroxylation sites is 1. The lowest BCUT2D eigenvalue weighted by atomic mass is 10.3. The molecular formula is C25H28N6O8S. The predicted molar refractivity (Wildman–Crippen MR) is 148 cm³/mol. The van der Waals surface area contributed by atoms with Crippen molar-refractivity contribution in [2.45, 2.75) is 0 Å². The van der Waals surface area contributed by atoms with Crippen LogP contribution >= 0.6 is 11.3 Å². The lowest BCUT2D eigenvalue weighted by molar-refractivity contribution is -0.134. The zero-order valence-corrected chi connectivity index (χ0v) is 22.0. The highest BCUT2D eigenvalue weighted by Crippen LogP contribution is 2.25. The van der Waals surface area contributed by atoms with Crippen LogP contribution in [0.15, 0.2) is 67.0 Å². The molecule has 1 aromatic carbocycles. The van der Waals surface area contributed by atoms with E-state index < -0.39 is 23.9 Å². The van der Waals surface area contributed by atoms with E-state index in [1.54, 1.807) is 23.7 Å². The first-order chi connectivity index (χ1) is 19.1. The van der Waals surface area contributed by atoms with Crippen LogP contribution in [0.1, 0.15) is 0 Å². The first-order valence-corrected chi connectivity index (χ1v) is 12.6. The molecule has 40 heavy (non-hydrogen) atoms. The van der Waals surface area contributed by atoms with Crippen LogP contribution in [0, 0.1) is 0 Å². The van der Waals surface area contributed by atoms with Gasteiger partial charge in [-0.15, -0.1) is 0 Å². The Labute approximate surface area is 232 Å². The molecule has 3 heterocycles. The second-order valence-corrected chi connectivity index (χ2v) is 8.84. The van der Waals surface area contributed by atoms with Crippen molar-refractivity contribution in [2.75, 3.05) is 49.5 Å². The van der Waals surface area contributed by atoms with E-state index in [0.717, 1.165) is 55.9 Å². The lowest BCUT2D eigenvalue weighted by Crippen LogP contribution is -2.48. The van der Waals surface area contributed by atoms with Gasteiger partial charge in [0.05, 0.1) is 10.2 Å². The largest absolute Gasteiger partial charge is 0.478 e. The maximum absolute atomic E-state index is 9.55. The summed E-state index contributed by atoms with van der Waals surface area (Å²) in [5.41, 5.74) is 1.07. The zero-order valence-electron chi connectivity index (χ0n) is 21.2. The Morgan fingerprint density at radius 2 is 1.32 bits per heavy atom. The molecule has 2 aromatic heterocycles. The van der Waals surface area contributed by atoms with Crippen molar-refractivity contribution in [2.24, 2.45) is 0 Å². The number of nitrogens with one attached hydrogen (secondary N) is 1. The van der Waals surface area contributed by atoms with E-state index in [4.69, 9.17) is 20.4 Å². The first kappa shape index (κ1) is 31.3. The number of aromatic nitrogens is 3. The Bertz CT molecular complexity index is 1220. The minimum Gasteiger partial charge on any atom is -0.478 e. The number of carbonyl (C=O) groups is 4. The van der Waals surface area contributed by atoms with Crippen molar-refractivity contribution in [3.63, 3.8) is 0 Å². The normalized spacial score (nSPS) is 13.2. The molecular weight excluding hydrogens is 544 g/mol. The van der Waals surface area contributed by atoms with Gasteiger partial charge in [0.1, 0.15) is 0 Å². The van der Waals surface area contributed by atoms with Gasteiger partial charge in [-0.25, -0.2) is 34.1 Å². The van der Waals surface area contributed by atoms with Crippen molar-refractivity contribution in [1.82, 2.24) is 19.9 Å². The van der Waals surface area contributed by atoms with Crippen LogP contribution in [0.4, 0.5) is 11.1 Å². The van der Waals surface area contributed by atoms with Gasteiger partial charge < -0.3 is 30.6 Å². The smallest absolute Gasteiger partial charge is 0.328 e. The number of piperazine rings is 1. The highest BCUT2D eigenvalue weighted by Gasteiger charge is 2.18. The maximum atomic E-state index is 9.55. The van der Waals surface area contributed by atoms with Gasteiger partial charge in [-0.3, -0.25) is 4.90 Å². The van der Waals surface area contributed by atoms with Gasteiger partial charge in [0.2, 0.25) is 5.95 Å². The molecule has 3 aromatic rings. The Hall–Kier alpha value is -4.89. The number of nitrogens with zero attached hydrogens (tertiary/aromatic N) is 5. The fourth-order valence-corrected chi connectivity index (χ4v) is 4.07. The summed E-state index contributed by atoms with van der Waals surface area (Å²) in [6, 6.07) is 10.1. The second-order valence-electron chi connectivity index (χ2n) is 7.81. The van der Waals surface area contributed by atoms with Crippen molar-refractivity contribution in [3.8, 4) is 0 Å². The van der Waals surface area contributed by atoms with E-state index in [1.807, 2.05) is 12.1 Å². The summed E-state index contributed by atoms with van der Waals surface area (Å²) in [5.74, 6) is -4.19. The molecule has 212 valence electrons. The van der Waals surface area contributed by atoms with Gasteiger partial charge >= 0.3 is 23.9 Å². The Kier molecular flexibility index (Phi) is 13.2. The number of hydrogen-bond acceptors (Lipinski definition) is 11. The van der Waals surface area contributed by atoms with Gasteiger partial charge in [-0.2, -0.15) is 0 Å².